The van der Waals surface area contributed by atoms with Gasteiger partial charge in [0.15, 0.2) is 0 Å². The summed E-state index contributed by atoms with van der Waals surface area (Å²) >= 11 is 6.39. The SMILES string of the molecule is CCCCOP(O)(=S)SCCCC.[La]. The van der Waals surface area contributed by atoms with Crippen LogP contribution in [0.15, 0.2) is 0 Å². The third-order valence-corrected chi connectivity index (χ3v) is 5.92. The van der Waals surface area contributed by atoms with Crippen molar-refractivity contribution >= 4 is 28.9 Å². The van der Waals surface area contributed by atoms with Gasteiger partial charge in [0, 0.05) is 41.4 Å². The van der Waals surface area contributed by atoms with E-state index >= 15 is 0 Å². The van der Waals surface area contributed by atoms with Gasteiger partial charge in [0.2, 0.25) is 5.69 Å². The molecule has 2 nitrogen and oxygen atoms in total. The van der Waals surface area contributed by atoms with Gasteiger partial charge >= 0.3 is 0 Å². The first kappa shape index (κ1) is 18.5. The number of hydrogen-bond donors (Lipinski definition) is 1. The largest absolute Gasteiger partial charge is 0.337 e. The second-order valence-corrected chi connectivity index (χ2v) is 9.14. The van der Waals surface area contributed by atoms with Crippen LogP contribution < -0.4 is 0 Å². The second kappa shape index (κ2) is 11.6. The quantitative estimate of drug-likeness (QED) is 0.515. The van der Waals surface area contributed by atoms with Gasteiger partial charge in [-0.3, -0.25) is 0 Å². The first-order valence-electron chi connectivity index (χ1n) is 4.74. The summed E-state index contributed by atoms with van der Waals surface area (Å²) in [5.74, 6) is 0.913. The predicted molar refractivity (Wildman–Crippen MR) is 64.7 cm³/mol. The van der Waals surface area contributed by atoms with Gasteiger partial charge in [-0.25, -0.2) is 0 Å². The number of unbranched alkanes of at least 4 members (excludes halogenated alkanes) is 2. The molecular formula is C8H19LaO2PS2. The molecule has 0 aromatic heterocycles. The monoisotopic (exact) mass is 381 g/mol. The van der Waals surface area contributed by atoms with Gasteiger partial charge in [-0.2, -0.15) is 0 Å². The Balaban J connectivity index is 0. The Hall–Kier alpha value is 2.11. The molecule has 83 valence electrons. The minimum atomic E-state index is -2.50. The fourth-order valence-corrected chi connectivity index (χ4v) is 4.19. The maximum Gasteiger partial charge on any atom is 0.244 e. The zero-order chi connectivity index (χ0) is 10.2. The molecule has 14 heavy (non-hydrogen) atoms. The summed E-state index contributed by atoms with van der Waals surface area (Å²) in [7, 11) is 0. The molecule has 1 N–H and O–H groups in total. The summed E-state index contributed by atoms with van der Waals surface area (Å²) in [6.45, 7) is 4.82. The molecule has 0 heterocycles. The van der Waals surface area contributed by atoms with Crippen molar-refractivity contribution in [1.82, 2.24) is 0 Å². The zero-order valence-corrected chi connectivity index (χ0v) is 15.1. The van der Waals surface area contributed by atoms with Gasteiger partial charge in [0.1, 0.15) is 0 Å². The normalized spacial score (nSPS) is 14.5. The fraction of sp³-hybridized carbons (Fsp3) is 1.00. The van der Waals surface area contributed by atoms with Crippen LogP contribution in [0.4, 0.5) is 0 Å². The Labute approximate surface area is 124 Å². The summed E-state index contributed by atoms with van der Waals surface area (Å²) in [6.07, 6.45) is 4.29. The Morgan fingerprint density at radius 3 is 2.36 bits per heavy atom. The van der Waals surface area contributed by atoms with Crippen LogP contribution in [-0.4, -0.2) is 17.3 Å². The summed E-state index contributed by atoms with van der Waals surface area (Å²) in [6, 6.07) is 0. The zero-order valence-electron chi connectivity index (χ0n) is 8.94. The average molecular weight is 381 g/mol. The molecule has 0 saturated carbocycles. The molecule has 0 aliphatic rings. The molecule has 0 spiro atoms. The van der Waals surface area contributed by atoms with Crippen molar-refractivity contribution in [3.05, 3.63) is 0 Å². The molecule has 0 amide bonds. The molecule has 0 rings (SSSR count). The third kappa shape index (κ3) is 12.2. The van der Waals surface area contributed by atoms with Crippen molar-refractivity contribution in [2.24, 2.45) is 0 Å². The van der Waals surface area contributed by atoms with E-state index in [1.165, 1.54) is 11.4 Å². The smallest absolute Gasteiger partial charge is 0.244 e. The van der Waals surface area contributed by atoms with E-state index < -0.39 is 5.69 Å². The van der Waals surface area contributed by atoms with Crippen LogP contribution in [0.1, 0.15) is 39.5 Å². The fourth-order valence-electron chi connectivity index (χ4n) is 0.686. The minimum Gasteiger partial charge on any atom is -0.337 e. The van der Waals surface area contributed by atoms with Crippen LogP contribution in [0.3, 0.4) is 0 Å². The van der Waals surface area contributed by atoms with Crippen LogP contribution in [-0.2, 0) is 16.3 Å². The van der Waals surface area contributed by atoms with E-state index in [1.54, 1.807) is 0 Å². The van der Waals surface area contributed by atoms with E-state index in [9.17, 15) is 4.89 Å². The Bertz CT molecular complexity index is 155. The van der Waals surface area contributed by atoms with Gasteiger partial charge in [0.05, 0.1) is 6.61 Å². The molecule has 0 fully saturated rings. The molecular weight excluding hydrogens is 362 g/mol. The summed E-state index contributed by atoms with van der Waals surface area (Å²) in [5.41, 5.74) is -2.50. The third-order valence-electron chi connectivity index (χ3n) is 1.50. The molecule has 0 aromatic carbocycles. The maximum absolute atomic E-state index is 9.63. The van der Waals surface area contributed by atoms with Crippen LogP contribution in [0.25, 0.3) is 0 Å². The van der Waals surface area contributed by atoms with Crippen LogP contribution in [0, 0.1) is 35.6 Å². The van der Waals surface area contributed by atoms with Crippen LogP contribution in [0.5, 0.6) is 0 Å². The summed E-state index contributed by atoms with van der Waals surface area (Å²) < 4.78 is 5.26. The standard InChI is InChI=1S/C8H19O2PS2.La/c1-3-5-7-10-11(9,12)13-8-6-4-2;/h3-8H2,1-2H3,(H,9,12);. The van der Waals surface area contributed by atoms with Gasteiger partial charge in [-0.05, 0) is 24.6 Å². The Kier molecular flexibility index (Phi) is 15.3. The van der Waals surface area contributed by atoms with Crippen molar-refractivity contribution in [3.63, 3.8) is 0 Å². The average Bonchev–Trinajstić information content (AvgIpc) is 2.05. The number of hydrogen-bond acceptors (Lipinski definition) is 3. The van der Waals surface area contributed by atoms with Crippen LogP contribution >= 0.6 is 17.1 Å². The van der Waals surface area contributed by atoms with Crippen molar-refractivity contribution in [2.45, 2.75) is 39.5 Å². The molecule has 0 saturated heterocycles. The molecule has 6 heteroatoms. The van der Waals surface area contributed by atoms with E-state index in [1.807, 2.05) is 0 Å². The van der Waals surface area contributed by atoms with E-state index in [0.29, 0.717) is 6.61 Å². The van der Waals surface area contributed by atoms with Crippen LogP contribution in [0.2, 0.25) is 0 Å². The molecule has 0 aliphatic heterocycles. The number of rotatable bonds is 8. The van der Waals surface area contributed by atoms with E-state index in [2.05, 4.69) is 13.8 Å². The van der Waals surface area contributed by atoms with Gasteiger partial charge in [-0.15, -0.1) is 0 Å². The van der Waals surface area contributed by atoms with Gasteiger partial charge in [0.25, 0.3) is 0 Å². The first-order chi connectivity index (χ1) is 6.12. The minimum absolute atomic E-state index is 0. The first-order valence-corrected chi connectivity index (χ1v) is 9.00. The summed E-state index contributed by atoms with van der Waals surface area (Å²) in [4.78, 5) is 9.63. The molecule has 0 bridgehead atoms. The second-order valence-electron chi connectivity index (χ2n) is 2.84. The Morgan fingerprint density at radius 2 is 1.86 bits per heavy atom. The van der Waals surface area contributed by atoms with Crippen molar-refractivity contribution in [2.75, 3.05) is 12.4 Å². The topological polar surface area (TPSA) is 29.5 Å². The maximum atomic E-state index is 9.63. The van der Waals surface area contributed by atoms with Gasteiger partial charge in [-0.1, -0.05) is 38.1 Å². The summed E-state index contributed by atoms with van der Waals surface area (Å²) in [5, 5.41) is 0. The van der Waals surface area contributed by atoms with Gasteiger partial charge < -0.3 is 9.42 Å². The van der Waals surface area contributed by atoms with E-state index in [4.69, 9.17) is 16.3 Å². The molecule has 0 aromatic rings. The van der Waals surface area contributed by atoms with Crippen molar-refractivity contribution < 1.29 is 45.0 Å². The Morgan fingerprint density at radius 1 is 1.29 bits per heavy atom. The van der Waals surface area contributed by atoms with Crippen molar-refractivity contribution in [1.29, 1.82) is 0 Å². The molecule has 1 radical (unpaired) electrons. The van der Waals surface area contributed by atoms with E-state index in [0.717, 1.165) is 31.4 Å². The molecule has 1 atom stereocenters. The molecule has 0 aliphatic carbocycles. The predicted octanol–water partition coefficient (Wildman–Crippen LogP) is 3.55. The van der Waals surface area contributed by atoms with E-state index in [-0.39, 0.29) is 35.6 Å². The van der Waals surface area contributed by atoms with Crippen molar-refractivity contribution in [3.8, 4) is 0 Å². The molecule has 1 unspecified atom stereocenters.